The molecular weight excluding hydrogens is 279 g/mol. The molecule has 0 radical (unpaired) electrons. The quantitative estimate of drug-likeness (QED) is 0.908. The van der Waals surface area contributed by atoms with Gasteiger partial charge in [0.1, 0.15) is 17.7 Å². The number of aliphatic hydroxyl groups excluding tert-OH is 1. The predicted octanol–water partition coefficient (Wildman–Crippen LogP) is 4.35. The van der Waals surface area contributed by atoms with Gasteiger partial charge in [0.05, 0.1) is 6.10 Å². The summed E-state index contributed by atoms with van der Waals surface area (Å²) in [7, 11) is 0. The van der Waals surface area contributed by atoms with Crippen LogP contribution in [0.25, 0.3) is 0 Å². The molecule has 0 aliphatic heterocycles. The van der Waals surface area contributed by atoms with Gasteiger partial charge in [0.15, 0.2) is 0 Å². The van der Waals surface area contributed by atoms with Crippen molar-refractivity contribution in [1.29, 1.82) is 0 Å². The van der Waals surface area contributed by atoms with Crippen molar-refractivity contribution in [2.24, 2.45) is 0 Å². The fraction of sp³-hybridized carbons (Fsp3) is 0.250. The largest absolute Gasteiger partial charge is 0.491 e. The molecule has 2 aromatic carbocycles. The van der Waals surface area contributed by atoms with Crippen molar-refractivity contribution >= 4 is 11.6 Å². The molecule has 0 amide bonds. The summed E-state index contributed by atoms with van der Waals surface area (Å²) in [5.74, 6) is 0.224. The molecule has 2 aromatic rings. The molecule has 2 nitrogen and oxygen atoms in total. The van der Waals surface area contributed by atoms with Crippen LogP contribution in [-0.4, -0.2) is 11.2 Å². The maximum Gasteiger partial charge on any atom is 0.123 e. The molecule has 1 atom stereocenters. The Morgan fingerprint density at radius 3 is 2.60 bits per heavy atom. The maximum absolute atomic E-state index is 13.3. The number of rotatable bonds is 4. The van der Waals surface area contributed by atoms with Gasteiger partial charge in [-0.1, -0.05) is 23.7 Å². The first-order valence-electron chi connectivity index (χ1n) is 6.37. The van der Waals surface area contributed by atoms with E-state index < -0.39 is 11.9 Å². The van der Waals surface area contributed by atoms with Gasteiger partial charge in [0.25, 0.3) is 0 Å². The van der Waals surface area contributed by atoms with Gasteiger partial charge < -0.3 is 9.84 Å². The van der Waals surface area contributed by atoms with Crippen molar-refractivity contribution in [3.63, 3.8) is 0 Å². The van der Waals surface area contributed by atoms with E-state index in [1.165, 1.54) is 18.2 Å². The molecule has 0 aliphatic carbocycles. The molecule has 0 saturated heterocycles. The zero-order valence-corrected chi connectivity index (χ0v) is 12.1. The van der Waals surface area contributed by atoms with Gasteiger partial charge >= 0.3 is 0 Å². The van der Waals surface area contributed by atoms with E-state index in [2.05, 4.69) is 0 Å². The van der Waals surface area contributed by atoms with Gasteiger partial charge in [-0.25, -0.2) is 4.39 Å². The molecular formula is C16H16ClFO2. The molecule has 0 spiro atoms. The van der Waals surface area contributed by atoms with E-state index in [9.17, 15) is 9.50 Å². The minimum Gasteiger partial charge on any atom is -0.491 e. The number of benzene rings is 2. The van der Waals surface area contributed by atoms with Gasteiger partial charge in [-0.2, -0.15) is 0 Å². The lowest BCUT2D eigenvalue weighted by Gasteiger charge is -2.15. The Hall–Kier alpha value is -1.58. The van der Waals surface area contributed by atoms with E-state index in [1.54, 1.807) is 18.2 Å². The van der Waals surface area contributed by atoms with Crippen LogP contribution in [0.3, 0.4) is 0 Å². The lowest BCUT2D eigenvalue weighted by molar-refractivity contribution is 0.216. The van der Waals surface area contributed by atoms with Crippen LogP contribution in [0.4, 0.5) is 4.39 Å². The van der Waals surface area contributed by atoms with E-state index >= 15 is 0 Å². The molecule has 1 unspecified atom stereocenters. The molecule has 0 heterocycles. The van der Waals surface area contributed by atoms with E-state index in [4.69, 9.17) is 16.3 Å². The summed E-state index contributed by atoms with van der Waals surface area (Å²) in [5.41, 5.74) is 0.948. The highest BCUT2D eigenvalue weighted by Gasteiger charge is 2.15. The van der Waals surface area contributed by atoms with E-state index in [0.717, 1.165) is 0 Å². The number of halogens is 2. The summed E-state index contributed by atoms with van der Waals surface area (Å²) >= 11 is 6.01. The fourth-order valence-corrected chi connectivity index (χ4v) is 2.15. The number of hydrogen-bond acceptors (Lipinski definition) is 2. The van der Waals surface area contributed by atoms with Gasteiger partial charge in [0, 0.05) is 10.6 Å². The lowest BCUT2D eigenvalue weighted by Crippen LogP contribution is -2.07. The van der Waals surface area contributed by atoms with Crippen LogP contribution in [0.2, 0.25) is 5.02 Å². The third-order valence-electron chi connectivity index (χ3n) is 2.80. The van der Waals surface area contributed by atoms with E-state index in [0.29, 0.717) is 21.9 Å². The molecule has 2 rings (SSSR count). The minimum absolute atomic E-state index is 0.0418. The van der Waals surface area contributed by atoms with Crippen LogP contribution in [0, 0.1) is 5.82 Å². The number of hydrogen-bond donors (Lipinski definition) is 1. The van der Waals surface area contributed by atoms with Crippen LogP contribution >= 0.6 is 11.6 Å². The van der Waals surface area contributed by atoms with Crippen molar-refractivity contribution in [2.45, 2.75) is 26.1 Å². The lowest BCUT2D eigenvalue weighted by atomic mass is 10.0. The molecule has 20 heavy (non-hydrogen) atoms. The van der Waals surface area contributed by atoms with Gasteiger partial charge in [0.2, 0.25) is 0 Å². The minimum atomic E-state index is -0.992. The van der Waals surface area contributed by atoms with E-state index in [1.807, 2.05) is 19.9 Å². The van der Waals surface area contributed by atoms with E-state index in [-0.39, 0.29) is 6.10 Å². The zero-order chi connectivity index (χ0) is 14.7. The fourth-order valence-electron chi connectivity index (χ4n) is 1.93. The second-order valence-electron chi connectivity index (χ2n) is 4.81. The Balaban J connectivity index is 2.33. The normalized spacial score (nSPS) is 12.5. The summed E-state index contributed by atoms with van der Waals surface area (Å²) in [6.07, 6.45) is -0.950. The summed E-state index contributed by atoms with van der Waals surface area (Å²) < 4.78 is 18.9. The van der Waals surface area contributed by atoms with Gasteiger partial charge in [-0.15, -0.1) is 0 Å². The smallest absolute Gasteiger partial charge is 0.123 e. The molecule has 0 aliphatic rings. The van der Waals surface area contributed by atoms with Crippen LogP contribution in [0.1, 0.15) is 31.1 Å². The standard InChI is InChI=1S/C16H16ClFO2/c1-10(2)20-13-5-3-4-11(8-13)16(19)14-9-12(18)6-7-15(14)17/h3-10,16,19H,1-2H3. The summed E-state index contributed by atoms with van der Waals surface area (Å²) in [6.45, 7) is 3.85. The Labute approximate surface area is 122 Å². The monoisotopic (exact) mass is 294 g/mol. The van der Waals surface area contributed by atoms with Gasteiger partial charge in [-0.3, -0.25) is 0 Å². The molecule has 0 fully saturated rings. The Morgan fingerprint density at radius 1 is 1.15 bits per heavy atom. The third-order valence-corrected chi connectivity index (χ3v) is 3.14. The Bertz CT molecular complexity index is 599. The number of ether oxygens (including phenoxy) is 1. The predicted molar refractivity (Wildman–Crippen MR) is 77.7 cm³/mol. The first-order valence-corrected chi connectivity index (χ1v) is 6.75. The highest BCUT2D eigenvalue weighted by Crippen LogP contribution is 2.30. The van der Waals surface area contributed by atoms with Gasteiger partial charge in [-0.05, 0) is 49.7 Å². The highest BCUT2D eigenvalue weighted by molar-refractivity contribution is 6.31. The summed E-state index contributed by atoms with van der Waals surface area (Å²) in [6, 6.07) is 11.0. The topological polar surface area (TPSA) is 29.5 Å². The van der Waals surface area contributed by atoms with Crippen molar-refractivity contribution in [2.75, 3.05) is 0 Å². The number of aliphatic hydroxyl groups is 1. The SMILES string of the molecule is CC(C)Oc1cccc(C(O)c2cc(F)ccc2Cl)c1. The molecule has 106 valence electrons. The highest BCUT2D eigenvalue weighted by atomic mass is 35.5. The van der Waals surface area contributed by atoms with Crippen molar-refractivity contribution in [1.82, 2.24) is 0 Å². The molecule has 1 N–H and O–H groups in total. The summed E-state index contributed by atoms with van der Waals surface area (Å²) in [5, 5.41) is 10.7. The second-order valence-corrected chi connectivity index (χ2v) is 5.21. The second kappa shape index (κ2) is 6.25. The van der Waals surface area contributed by atoms with Crippen LogP contribution in [0.5, 0.6) is 5.75 Å². The van der Waals surface area contributed by atoms with Crippen LogP contribution in [0.15, 0.2) is 42.5 Å². The molecule has 4 heteroatoms. The first-order chi connectivity index (χ1) is 9.47. The van der Waals surface area contributed by atoms with Crippen LogP contribution < -0.4 is 4.74 Å². The molecule has 0 aromatic heterocycles. The van der Waals surface area contributed by atoms with Crippen molar-refractivity contribution in [3.8, 4) is 5.75 Å². The Morgan fingerprint density at radius 2 is 1.90 bits per heavy atom. The van der Waals surface area contributed by atoms with Crippen molar-refractivity contribution in [3.05, 3.63) is 64.4 Å². The zero-order valence-electron chi connectivity index (χ0n) is 11.3. The average Bonchev–Trinajstić information content (AvgIpc) is 2.40. The Kier molecular flexibility index (Phi) is 4.63. The summed E-state index contributed by atoms with van der Waals surface area (Å²) in [4.78, 5) is 0. The average molecular weight is 295 g/mol. The third kappa shape index (κ3) is 3.50. The van der Waals surface area contributed by atoms with Crippen LogP contribution in [-0.2, 0) is 0 Å². The molecule has 0 saturated carbocycles. The molecule has 0 bridgehead atoms. The first kappa shape index (κ1) is 14.8. The van der Waals surface area contributed by atoms with Crippen molar-refractivity contribution < 1.29 is 14.2 Å². The maximum atomic E-state index is 13.3.